The number of nitrogens with zero attached hydrogens (tertiary/aromatic N) is 3. The number of fused-ring (bicyclic) bond motifs is 1. The Morgan fingerprint density at radius 1 is 1.37 bits per heavy atom. The fourth-order valence-electron chi connectivity index (χ4n) is 2.35. The molecule has 0 N–H and O–H groups in total. The van der Waals surface area contributed by atoms with Crippen LogP contribution in [0.4, 0.5) is 0 Å². The van der Waals surface area contributed by atoms with E-state index in [4.69, 9.17) is 16.9 Å². The van der Waals surface area contributed by atoms with Crippen molar-refractivity contribution < 1.29 is 0 Å². The van der Waals surface area contributed by atoms with Crippen LogP contribution in [0.3, 0.4) is 0 Å². The summed E-state index contributed by atoms with van der Waals surface area (Å²) in [5.41, 5.74) is 2.60. The predicted octanol–water partition coefficient (Wildman–Crippen LogP) is 4.08. The van der Waals surface area contributed by atoms with Crippen molar-refractivity contribution in [3.63, 3.8) is 0 Å². The van der Waals surface area contributed by atoms with E-state index in [9.17, 15) is 0 Å². The first-order chi connectivity index (χ1) is 9.23. The van der Waals surface area contributed by atoms with Crippen LogP contribution in [0.2, 0.25) is 0 Å². The van der Waals surface area contributed by atoms with Gasteiger partial charge in [0.15, 0.2) is 0 Å². The Bertz CT molecular complexity index is 606. The van der Waals surface area contributed by atoms with Crippen molar-refractivity contribution >= 4 is 22.6 Å². The summed E-state index contributed by atoms with van der Waals surface area (Å²) in [4.78, 5) is 4.55. The summed E-state index contributed by atoms with van der Waals surface area (Å²) in [5, 5.41) is 9.02. The van der Waals surface area contributed by atoms with Crippen LogP contribution >= 0.6 is 11.6 Å². The van der Waals surface area contributed by atoms with Gasteiger partial charge in [0.2, 0.25) is 0 Å². The molecule has 19 heavy (non-hydrogen) atoms. The van der Waals surface area contributed by atoms with E-state index >= 15 is 0 Å². The summed E-state index contributed by atoms with van der Waals surface area (Å²) in [7, 11) is 0. The lowest BCUT2D eigenvalue weighted by molar-refractivity contribution is 0.419. The first-order valence-corrected chi connectivity index (χ1v) is 7.22. The van der Waals surface area contributed by atoms with Crippen molar-refractivity contribution in [2.75, 3.05) is 0 Å². The van der Waals surface area contributed by atoms with Crippen LogP contribution in [0, 0.1) is 17.2 Å². The van der Waals surface area contributed by atoms with E-state index in [0.717, 1.165) is 36.2 Å². The fraction of sp³-hybridized carbons (Fsp3) is 0.467. The summed E-state index contributed by atoms with van der Waals surface area (Å²) in [5.74, 6) is 1.90. The van der Waals surface area contributed by atoms with Crippen molar-refractivity contribution in [2.45, 2.75) is 39.1 Å². The molecule has 100 valence electrons. The van der Waals surface area contributed by atoms with Gasteiger partial charge < -0.3 is 4.57 Å². The molecule has 0 saturated heterocycles. The molecule has 0 radical (unpaired) electrons. The second-order valence-corrected chi connectivity index (χ2v) is 5.04. The smallest absolute Gasteiger partial charge is 0.124 e. The first kappa shape index (κ1) is 13.9. The molecule has 0 spiro atoms. The number of halogens is 1. The van der Waals surface area contributed by atoms with Crippen LogP contribution in [-0.4, -0.2) is 9.55 Å². The number of imidazole rings is 1. The lowest BCUT2D eigenvalue weighted by Gasteiger charge is -2.15. The van der Waals surface area contributed by atoms with E-state index in [1.165, 1.54) is 0 Å². The summed E-state index contributed by atoms with van der Waals surface area (Å²) in [6.45, 7) is 5.32. The first-order valence-electron chi connectivity index (χ1n) is 6.68. The Morgan fingerprint density at radius 3 is 2.68 bits per heavy atom. The summed E-state index contributed by atoms with van der Waals surface area (Å²) >= 11 is 6.00. The fourth-order valence-corrected chi connectivity index (χ4v) is 2.56. The molecule has 1 aromatic carbocycles. The van der Waals surface area contributed by atoms with Gasteiger partial charge in [0, 0.05) is 6.54 Å². The van der Waals surface area contributed by atoms with Crippen molar-refractivity contribution in [3.8, 4) is 6.07 Å². The van der Waals surface area contributed by atoms with Crippen LogP contribution in [0.1, 0.15) is 38.1 Å². The maximum atomic E-state index is 9.02. The largest absolute Gasteiger partial charge is 0.327 e. The molecular formula is C15H18ClN3. The average Bonchev–Trinajstić information content (AvgIpc) is 2.81. The van der Waals surface area contributed by atoms with E-state index in [1.807, 2.05) is 12.1 Å². The molecule has 0 bridgehead atoms. The number of hydrogen-bond donors (Lipinski definition) is 0. The number of benzene rings is 1. The zero-order valence-electron chi connectivity index (χ0n) is 11.4. The number of nitriles is 1. The minimum Gasteiger partial charge on any atom is -0.327 e. The van der Waals surface area contributed by atoms with Crippen LogP contribution in [0.5, 0.6) is 0 Å². The number of rotatable bonds is 5. The standard InChI is InChI=1S/C15H18ClN3/c1-3-11(4-2)10-19-14-7-12(9-17)5-6-13(14)18-15(19)8-16/h5-7,11H,3-4,8,10H2,1-2H3. The summed E-state index contributed by atoms with van der Waals surface area (Å²) in [6.07, 6.45) is 2.27. The van der Waals surface area contributed by atoms with Gasteiger partial charge >= 0.3 is 0 Å². The Hall–Kier alpha value is -1.53. The van der Waals surface area contributed by atoms with E-state index < -0.39 is 0 Å². The Kier molecular flexibility index (Phi) is 4.44. The molecule has 2 rings (SSSR count). The van der Waals surface area contributed by atoms with Crippen molar-refractivity contribution in [3.05, 3.63) is 29.6 Å². The van der Waals surface area contributed by atoms with Crippen LogP contribution in [-0.2, 0) is 12.4 Å². The topological polar surface area (TPSA) is 41.6 Å². The van der Waals surface area contributed by atoms with Gasteiger partial charge in [-0.25, -0.2) is 4.98 Å². The molecular weight excluding hydrogens is 258 g/mol. The van der Waals surface area contributed by atoms with E-state index in [-0.39, 0.29) is 0 Å². The zero-order chi connectivity index (χ0) is 13.8. The normalized spacial score (nSPS) is 11.1. The van der Waals surface area contributed by atoms with Gasteiger partial charge in [-0.2, -0.15) is 5.26 Å². The monoisotopic (exact) mass is 275 g/mol. The SMILES string of the molecule is CCC(CC)Cn1c(CCl)nc2ccc(C#N)cc21. The third kappa shape index (κ3) is 2.74. The van der Waals surface area contributed by atoms with Gasteiger partial charge in [0.05, 0.1) is 28.5 Å². The number of hydrogen-bond acceptors (Lipinski definition) is 2. The van der Waals surface area contributed by atoms with Crippen LogP contribution in [0.25, 0.3) is 11.0 Å². The quantitative estimate of drug-likeness (QED) is 0.772. The van der Waals surface area contributed by atoms with Crippen molar-refractivity contribution in [2.24, 2.45) is 5.92 Å². The highest BCUT2D eigenvalue weighted by Crippen LogP contribution is 2.22. The van der Waals surface area contributed by atoms with E-state index in [0.29, 0.717) is 17.4 Å². The van der Waals surface area contributed by atoms with Gasteiger partial charge in [-0.15, -0.1) is 11.6 Å². The Balaban J connectivity index is 2.52. The van der Waals surface area contributed by atoms with Gasteiger partial charge in [-0.05, 0) is 24.1 Å². The number of alkyl halides is 1. The highest BCUT2D eigenvalue weighted by atomic mass is 35.5. The molecule has 1 aromatic heterocycles. The molecule has 0 saturated carbocycles. The van der Waals surface area contributed by atoms with Crippen LogP contribution in [0.15, 0.2) is 18.2 Å². The molecule has 0 aliphatic carbocycles. The highest BCUT2D eigenvalue weighted by Gasteiger charge is 2.13. The second kappa shape index (κ2) is 6.08. The van der Waals surface area contributed by atoms with Gasteiger partial charge in [-0.1, -0.05) is 26.7 Å². The van der Waals surface area contributed by atoms with Crippen molar-refractivity contribution in [1.82, 2.24) is 9.55 Å². The van der Waals surface area contributed by atoms with E-state index in [1.54, 1.807) is 6.07 Å². The third-order valence-corrected chi connectivity index (χ3v) is 3.91. The molecule has 3 nitrogen and oxygen atoms in total. The van der Waals surface area contributed by atoms with Gasteiger partial charge in [0.1, 0.15) is 5.82 Å². The van der Waals surface area contributed by atoms with Crippen LogP contribution < -0.4 is 0 Å². The molecule has 0 atom stereocenters. The number of aromatic nitrogens is 2. The summed E-state index contributed by atoms with van der Waals surface area (Å²) in [6, 6.07) is 7.78. The molecule has 0 amide bonds. The lowest BCUT2D eigenvalue weighted by atomic mass is 10.0. The molecule has 2 aromatic rings. The van der Waals surface area contributed by atoms with E-state index in [2.05, 4.69) is 29.5 Å². The predicted molar refractivity (Wildman–Crippen MR) is 78.1 cm³/mol. The Labute approximate surface area is 118 Å². The molecule has 0 aliphatic heterocycles. The Morgan fingerprint density at radius 2 is 2.11 bits per heavy atom. The zero-order valence-corrected chi connectivity index (χ0v) is 12.1. The minimum atomic E-state index is 0.400. The molecule has 0 aliphatic rings. The summed E-state index contributed by atoms with van der Waals surface area (Å²) < 4.78 is 2.17. The second-order valence-electron chi connectivity index (χ2n) is 4.77. The minimum absolute atomic E-state index is 0.400. The maximum Gasteiger partial charge on any atom is 0.124 e. The molecule has 4 heteroatoms. The highest BCUT2D eigenvalue weighted by molar-refractivity contribution is 6.16. The molecule has 0 unspecified atom stereocenters. The molecule has 0 fully saturated rings. The third-order valence-electron chi connectivity index (χ3n) is 3.67. The average molecular weight is 276 g/mol. The van der Waals surface area contributed by atoms with Crippen molar-refractivity contribution in [1.29, 1.82) is 5.26 Å². The molecule has 1 heterocycles. The lowest BCUT2D eigenvalue weighted by Crippen LogP contribution is -2.11. The van der Waals surface area contributed by atoms with Gasteiger partial charge in [-0.3, -0.25) is 0 Å². The maximum absolute atomic E-state index is 9.02. The van der Waals surface area contributed by atoms with Gasteiger partial charge in [0.25, 0.3) is 0 Å².